The van der Waals surface area contributed by atoms with Gasteiger partial charge in [-0.2, -0.15) is 0 Å². The van der Waals surface area contributed by atoms with E-state index < -0.39 is 18.0 Å². The minimum Gasteiger partial charge on any atom is -0.466 e. The maximum atomic E-state index is 14.1. The molecular formula is C23H24ClFN4O3. The quantitative estimate of drug-likeness (QED) is 0.674. The highest BCUT2D eigenvalue weighted by Gasteiger charge is 2.34. The number of halogens is 2. The van der Waals surface area contributed by atoms with Crippen LogP contribution in [0.2, 0.25) is 5.02 Å². The standard InChI is InChI=1S/C23H24ClFN4O3/c1-32-22(30)20-18(26-23(31)27-21(20)15-5-4-6-16(24)13-15)14-28-9-11-29(12-10-28)19-8-3-2-7-17(19)25/h2-8,13,21H,9-12,14H2,1H3,(H2,26,27,31). The number of benzene rings is 2. The van der Waals surface area contributed by atoms with Crippen LogP contribution >= 0.6 is 11.6 Å². The maximum Gasteiger partial charge on any atom is 0.338 e. The molecular weight excluding hydrogens is 435 g/mol. The van der Waals surface area contributed by atoms with Crippen molar-refractivity contribution >= 4 is 29.3 Å². The van der Waals surface area contributed by atoms with E-state index in [4.69, 9.17) is 16.3 Å². The number of urea groups is 1. The van der Waals surface area contributed by atoms with Gasteiger partial charge in [0.25, 0.3) is 0 Å². The summed E-state index contributed by atoms with van der Waals surface area (Å²) in [6, 6.07) is 12.6. The van der Waals surface area contributed by atoms with E-state index in [9.17, 15) is 14.0 Å². The predicted molar refractivity (Wildman–Crippen MR) is 120 cm³/mol. The van der Waals surface area contributed by atoms with Crippen molar-refractivity contribution < 1.29 is 18.7 Å². The summed E-state index contributed by atoms with van der Waals surface area (Å²) in [6.07, 6.45) is 0. The minimum atomic E-state index is -0.676. The molecule has 0 aromatic heterocycles. The molecule has 1 fully saturated rings. The first-order valence-electron chi connectivity index (χ1n) is 10.3. The molecule has 2 amide bonds. The van der Waals surface area contributed by atoms with E-state index in [2.05, 4.69) is 15.5 Å². The number of hydrogen-bond acceptors (Lipinski definition) is 5. The third-order valence-electron chi connectivity index (χ3n) is 5.69. The molecule has 2 aromatic rings. The van der Waals surface area contributed by atoms with Crippen LogP contribution in [-0.4, -0.2) is 56.7 Å². The number of nitrogens with zero attached hydrogens (tertiary/aromatic N) is 2. The minimum absolute atomic E-state index is 0.244. The SMILES string of the molecule is COC(=O)C1=C(CN2CCN(c3ccccc3F)CC2)NC(=O)NC1c1cccc(Cl)c1. The summed E-state index contributed by atoms with van der Waals surface area (Å²) in [5.41, 5.74) is 2.10. The fraction of sp³-hybridized carbons (Fsp3) is 0.304. The van der Waals surface area contributed by atoms with Gasteiger partial charge in [-0.1, -0.05) is 35.9 Å². The first-order chi connectivity index (χ1) is 15.5. The van der Waals surface area contributed by atoms with E-state index in [1.807, 2.05) is 11.0 Å². The molecule has 4 rings (SSSR count). The molecule has 0 aliphatic carbocycles. The lowest BCUT2D eigenvalue weighted by Gasteiger charge is -2.38. The number of piperazine rings is 1. The maximum absolute atomic E-state index is 14.1. The van der Waals surface area contributed by atoms with Gasteiger partial charge >= 0.3 is 12.0 Å². The van der Waals surface area contributed by atoms with Gasteiger partial charge in [-0.25, -0.2) is 14.0 Å². The lowest BCUT2D eigenvalue weighted by molar-refractivity contribution is -0.136. The van der Waals surface area contributed by atoms with E-state index >= 15 is 0 Å². The summed E-state index contributed by atoms with van der Waals surface area (Å²) in [7, 11) is 1.31. The molecule has 0 radical (unpaired) electrons. The van der Waals surface area contributed by atoms with Crippen LogP contribution in [0.5, 0.6) is 0 Å². The van der Waals surface area contributed by atoms with Gasteiger partial charge in [0, 0.05) is 43.4 Å². The molecule has 32 heavy (non-hydrogen) atoms. The van der Waals surface area contributed by atoms with Crippen molar-refractivity contribution in [3.05, 3.63) is 76.2 Å². The predicted octanol–water partition coefficient (Wildman–Crippen LogP) is 3.08. The fourth-order valence-electron chi connectivity index (χ4n) is 4.11. The van der Waals surface area contributed by atoms with Crippen molar-refractivity contribution in [3.63, 3.8) is 0 Å². The first-order valence-corrected chi connectivity index (χ1v) is 10.7. The van der Waals surface area contributed by atoms with Crippen molar-refractivity contribution in [2.45, 2.75) is 6.04 Å². The van der Waals surface area contributed by atoms with Crippen LogP contribution in [0.15, 0.2) is 59.8 Å². The Hall–Kier alpha value is -3.10. The van der Waals surface area contributed by atoms with Crippen molar-refractivity contribution in [1.29, 1.82) is 0 Å². The molecule has 1 atom stereocenters. The van der Waals surface area contributed by atoms with E-state index in [1.54, 1.807) is 36.4 Å². The Kier molecular flexibility index (Phi) is 6.62. The van der Waals surface area contributed by atoms with Crippen LogP contribution in [0.4, 0.5) is 14.9 Å². The molecule has 168 valence electrons. The zero-order chi connectivity index (χ0) is 22.7. The van der Waals surface area contributed by atoms with Crippen LogP contribution in [0, 0.1) is 5.82 Å². The Balaban J connectivity index is 1.55. The van der Waals surface area contributed by atoms with Crippen molar-refractivity contribution in [2.24, 2.45) is 0 Å². The third-order valence-corrected chi connectivity index (χ3v) is 5.92. The lowest BCUT2D eigenvalue weighted by atomic mass is 9.95. The number of rotatable bonds is 5. The summed E-state index contributed by atoms with van der Waals surface area (Å²) >= 11 is 6.13. The normalized spacial score (nSPS) is 19.4. The number of amides is 2. The summed E-state index contributed by atoms with van der Waals surface area (Å²) < 4.78 is 19.1. The number of nitrogens with one attached hydrogen (secondary N) is 2. The summed E-state index contributed by atoms with van der Waals surface area (Å²) in [5.74, 6) is -0.769. The third kappa shape index (κ3) is 4.71. The Morgan fingerprint density at radius 2 is 1.91 bits per heavy atom. The van der Waals surface area contributed by atoms with Crippen molar-refractivity contribution in [1.82, 2.24) is 15.5 Å². The Labute approximate surface area is 190 Å². The van der Waals surface area contributed by atoms with E-state index in [1.165, 1.54) is 13.2 Å². The topological polar surface area (TPSA) is 73.9 Å². The van der Waals surface area contributed by atoms with Crippen LogP contribution in [0.3, 0.4) is 0 Å². The van der Waals surface area contributed by atoms with Crippen LogP contribution in [-0.2, 0) is 9.53 Å². The highest BCUT2D eigenvalue weighted by Crippen LogP contribution is 2.30. The fourth-order valence-corrected chi connectivity index (χ4v) is 4.31. The van der Waals surface area contributed by atoms with Gasteiger partial charge in [0.15, 0.2) is 0 Å². The van der Waals surface area contributed by atoms with Gasteiger partial charge in [0.1, 0.15) is 5.82 Å². The molecule has 0 saturated carbocycles. The second kappa shape index (κ2) is 9.58. The first kappa shape index (κ1) is 22.1. The number of ether oxygens (including phenoxy) is 1. The Bertz CT molecular complexity index is 1050. The number of methoxy groups -OCH3 is 1. The Morgan fingerprint density at radius 3 is 2.59 bits per heavy atom. The summed E-state index contributed by atoms with van der Waals surface area (Å²) in [5, 5.41) is 6.07. The number of para-hydroxylation sites is 1. The number of hydrogen-bond donors (Lipinski definition) is 2. The number of carbonyl (C=O) groups is 2. The average molecular weight is 459 g/mol. The molecule has 1 saturated heterocycles. The van der Waals surface area contributed by atoms with Crippen molar-refractivity contribution in [2.75, 3.05) is 44.7 Å². The van der Waals surface area contributed by atoms with Gasteiger partial charge in [-0.05, 0) is 29.8 Å². The van der Waals surface area contributed by atoms with E-state index in [-0.39, 0.29) is 5.82 Å². The molecule has 0 bridgehead atoms. The van der Waals surface area contributed by atoms with Gasteiger partial charge in [0.2, 0.25) is 0 Å². The van der Waals surface area contributed by atoms with E-state index in [0.29, 0.717) is 60.3 Å². The van der Waals surface area contributed by atoms with Crippen LogP contribution < -0.4 is 15.5 Å². The molecule has 7 nitrogen and oxygen atoms in total. The second-order valence-electron chi connectivity index (χ2n) is 7.68. The number of carbonyl (C=O) groups excluding carboxylic acids is 2. The molecule has 9 heteroatoms. The molecule has 0 spiro atoms. The lowest BCUT2D eigenvalue weighted by Crippen LogP contribution is -2.51. The number of esters is 1. The van der Waals surface area contributed by atoms with Crippen LogP contribution in [0.1, 0.15) is 11.6 Å². The Morgan fingerprint density at radius 1 is 1.16 bits per heavy atom. The number of anilines is 1. The molecule has 2 aliphatic heterocycles. The highest BCUT2D eigenvalue weighted by atomic mass is 35.5. The summed E-state index contributed by atoms with van der Waals surface area (Å²) in [4.78, 5) is 29.2. The molecule has 2 heterocycles. The second-order valence-corrected chi connectivity index (χ2v) is 8.12. The average Bonchev–Trinajstić information content (AvgIpc) is 2.79. The molecule has 2 aromatic carbocycles. The van der Waals surface area contributed by atoms with Gasteiger partial charge in [-0.15, -0.1) is 0 Å². The molecule has 2 N–H and O–H groups in total. The zero-order valence-electron chi connectivity index (χ0n) is 17.6. The smallest absolute Gasteiger partial charge is 0.338 e. The van der Waals surface area contributed by atoms with Crippen molar-refractivity contribution in [3.8, 4) is 0 Å². The largest absolute Gasteiger partial charge is 0.466 e. The van der Waals surface area contributed by atoms with Gasteiger partial charge in [0.05, 0.1) is 24.4 Å². The monoisotopic (exact) mass is 458 g/mol. The van der Waals surface area contributed by atoms with Gasteiger partial charge < -0.3 is 20.3 Å². The summed E-state index contributed by atoms with van der Waals surface area (Å²) in [6.45, 7) is 2.92. The molecule has 2 aliphatic rings. The molecule has 1 unspecified atom stereocenters. The van der Waals surface area contributed by atoms with Crippen LogP contribution in [0.25, 0.3) is 0 Å². The zero-order valence-corrected chi connectivity index (χ0v) is 18.4. The van der Waals surface area contributed by atoms with E-state index in [0.717, 1.165) is 0 Å². The van der Waals surface area contributed by atoms with Gasteiger partial charge in [-0.3, -0.25) is 4.90 Å². The highest BCUT2D eigenvalue weighted by molar-refractivity contribution is 6.30.